The molecule has 0 saturated carbocycles. The fourth-order valence-corrected chi connectivity index (χ4v) is 4.14. The minimum absolute atomic E-state index is 0.0938. The molecule has 86 valence electrons. The maximum Gasteiger partial charge on any atom is 0.0682 e. The van der Waals surface area contributed by atoms with Crippen molar-refractivity contribution in [3.8, 4) is 0 Å². The van der Waals surface area contributed by atoms with Gasteiger partial charge in [-0.1, -0.05) is 6.07 Å². The normalized spacial score (nSPS) is 34.2. The predicted molar refractivity (Wildman–Crippen MR) is 65.3 cm³/mol. The van der Waals surface area contributed by atoms with Crippen LogP contribution in [0.5, 0.6) is 0 Å². The van der Waals surface area contributed by atoms with Crippen molar-refractivity contribution >= 4 is 11.8 Å². The quantitative estimate of drug-likeness (QED) is 0.831. The molecule has 2 saturated heterocycles. The lowest BCUT2D eigenvalue weighted by atomic mass is 10.0. The first-order valence-electron chi connectivity index (χ1n) is 5.75. The Kier molecular flexibility index (Phi) is 2.88. The summed E-state index contributed by atoms with van der Waals surface area (Å²) in [6.07, 6.45) is 1.75. The van der Waals surface area contributed by atoms with E-state index in [2.05, 4.69) is 16.0 Å². The van der Waals surface area contributed by atoms with E-state index in [1.807, 2.05) is 30.1 Å². The second kappa shape index (κ2) is 4.35. The number of aromatic nitrogens is 1. The van der Waals surface area contributed by atoms with E-state index in [9.17, 15) is 5.11 Å². The van der Waals surface area contributed by atoms with Gasteiger partial charge in [-0.15, -0.1) is 0 Å². The Labute approximate surface area is 99.9 Å². The number of likely N-dealkylation sites (tertiary alicyclic amines) is 1. The van der Waals surface area contributed by atoms with E-state index in [-0.39, 0.29) is 6.10 Å². The molecular formula is C12H16N2OS. The van der Waals surface area contributed by atoms with Gasteiger partial charge in [0.1, 0.15) is 0 Å². The zero-order chi connectivity index (χ0) is 11.0. The Hall–Kier alpha value is -0.580. The predicted octanol–water partition coefficient (Wildman–Crippen LogP) is 0.990. The largest absolute Gasteiger partial charge is 0.392 e. The molecule has 0 radical (unpaired) electrons. The zero-order valence-corrected chi connectivity index (χ0v) is 9.94. The third kappa shape index (κ3) is 1.97. The summed E-state index contributed by atoms with van der Waals surface area (Å²) in [5, 5.41) is 10.5. The summed E-state index contributed by atoms with van der Waals surface area (Å²) >= 11 is 1.92. The number of hydrogen-bond acceptors (Lipinski definition) is 4. The van der Waals surface area contributed by atoms with Gasteiger partial charge in [-0.25, -0.2) is 0 Å². The fourth-order valence-electron chi connectivity index (χ4n) is 2.62. The van der Waals surface area contributed by atoms with Crippen LogP contribution < -0.4 is 0 Å². The van der Waals surface area contributed by atoms with Crippen LogP contribution in [-0.2, 0) is 6.54 Å². The number of fused-ring (bicyclic) bond motifs is 1. The topological polar surface area (TPSA) is 36.4 Å². The van der Waals surface area contributed by atoms with Crippen molar-refractivity contribution < 1.29 is 5.11 Å². The van der Waals surface area contributed by atoms with Crippen molar-refractivity contribution in [2.45, 2.75) is 17.9 Å². The van der Waals surface area contributed by atoms with Gasteiger partial charge < -0.3 is 5.11 Å². The molecule has 0 bridgehead atoms. The van der Waals surface area contributed by atoms with Gasteiger partial charge in [0.2, 0.25) is 0 Å². The number of thioether (sulfide) groups is 1. The van der Waals surface area contributed by atoms with E-state index >= 15 is 0 Å². The fraction of sp³-hybridized carbons (Fsp3) is 0.583. The number of aliphatic hydroxyl groups excluding tert-OH is 1. The molecule has 4 heteroatoms. The highest BCUT2D eigenvalue weighted by atomic mass is 32.2. The molecule has 16 heavy (non-hydrogen) atoms. The summed E-state index contributed by atoms with van der Waals surface area (Å²) in [7, 11) is 0. The number of pyridine rings is 1. The van der Waals surface area contributed by atoms with Gasteiger partial charge in [0.25, 0.3) is 0 Å². The van der Waals surface area contributed by atoms with E-state index in [0.717, 1.165) is 31.1 Å². The molecule has 1 N–H and O–H groups in total. The van der Waals surface area contributed by atoms with Crippen LogP contribution in [-0.4, -0.2) is 45.2 Å². The molecule has 2 aliphatic heterocycles. The molecule has 3 unspecified atom stereocenters. The highest BCUT2D eigenvalue weighted by Gasteiger charge is 2.42. The molecule has 3 heterocycles. The first kappa shape index (κ1) is 10.6. The van der Waals surface area contributed by atoms with Gasteiger partial charge in [-0.2, -0.15) is 11.8 Å². The highest BCUT2D eigenvalue weighted by molar-refractivity contribution is 8.00. The summed E-state index contributed by atoms with van der Waals surface area (Å²) in [5.74, 6) is 1.40. The molecule has 0 aromatic carbocycles. The monoisotopic (exact) mass is 236 g/mol. The maximum absolute atomic E-state index is 9.82. The highest BCUT2D eigenvalue weighted by Crippen LogP contribution is 2.38. The summed E-state index contributed by atoms with van der Waals surface area (Å²) < 4.78 is 0. The van der Waals surface area contributed by atoms with Gasteiger partial charge in [0.05, 0.1) is 11.8 Å². The lowest BCUT2D eigenvalue weighted by Crippen LogP contribution is -2.25. The van der Waals surface area contributed by atoms with Crippen LogP contribution in [0.1, 0.15) is 5.69 Å². The average Bonchev–Trinajstić information content (AvgIpc) is 2.83. The first-order chi connectivity index (χ1) is 7.83. The number of nitrogens with zero attached hydrogens (tertiary/aromatic N) is 2. The minimum Gasteiger partial charge on any atom is -0.392 e. The summed E-state index contributed by atoms with van der Waals surface area (Å²) in [6.45, 7) is 3.04. The van der Waals surface area contributed by atoms with Crippen LogP contribution in [0.25, 0.3) is 0 Å². The molecule has 1 aromatic rings. The van der Waals surface area contributed by atoms with E-state index in [0.29, 0.717) is 11.2 Å². The van der Waals surface area contributed by atoms with Gasteiger partial charge in [0, 0.05) is 42.8 Å². The Morgan fingerprint density at radius 1 is 1.44 bits per heavy atom. The standard InChI is InChI=1S/C12H16N2OS/c15-11-8-16-12-7-14(6-10(11)12)5-9-3-1-2-4-13-9/h1-4,10-12,15H,5-8H2. The van der Waals surface area contributed by atoms with Crippen LogP contribution >= 0.6 is 11.8 Å². The van der Waals surface area contributed by atoms with Crippen LogP contribution in [0.15, 0.2) is 24.4 Å². The van der Waals surface area contributed by atoms with Crippen LogP contribution in [0.4, 0.5) is 0 Å². The second-order valence-electron chi connectivity index (χ2n) is 4.62. The Morgan fingerprint density at radius 3 is 3.12 bits per heavy atom. The van der Waals surface area contributed by atoms with Crippen molar-refractivity contribution in [1.29, 1.82) is 0 Å². The lowest BCUT2D eigenvalue weighted by Gasteiger charge is -2.16. The van der Waals surface area contributed by atoms with Crippen molar-refractivity contribution in [1.82, 2.24) is 9.88 Å². The maximum atomic E-state index is 9.82. The van der Waals surface area contributed by atoms with Gasteiger partial charge in [-0.3, -0.25) is 9.88 Å². The third-order valence-corrected chi connectivity index (χ3v) is 4.93. The van der Waals surface area contributed by atoms with Crippen molar-refractivity contribution in [2.24, 2.45) is 5.92 Å². The van der Waals surface area contributed by atoms with Crippen LogP contribution in [0, 0.1) is 5.92 Å². The van der Waals surface area contributed by atoms with E-state index in [1.54, 1.807) is 0 Å². The summed E-state index contributed by atoms with van der Waals surface area (Å²) in [5.41, 5.74) is 1.13. The van der Waals surface area contributed by atoms with Crippen molar-refractivity contribution in [3.63, 3.8) is 0 Å². The van der Waals surface area contributed by atoms with Gasteiger partial charge in [-0.05, 0) is 12.1 Å². The summed E-state index contributed by atoms with van der Waals surface area (Å²) in [4.78, 5) is 6.75. The zero-order valence-electron chi connectivity index (χ0n) is 9.12. The lowest BCUT2D eigenvalue weighted by molar-refractivity contribution is 0.140. The molecule has 1 aromatic heterocycles. The summed E-state index contributed by atoms with van der Waals surface area (Å²) in [6, 6.07) is 6.04. The molecular weight excluding hydrogens is 220 g/mol. The first-order valence-corrected chi connectivity index (χ1v) is 6.80. The van der Waals surface area contributed by atoms with E-state index < -0.39 is 0 Å². The molecule has 0 aliphatic carbocycles. The third-order valence-electron chi connectivity index (χ3n) is 3.47. The minimum atomic E-state index is -0.0938. The molecule has 3 rings (SSSR count). The SMILES string of the molecule is OC1CSC2CN(Cc3ccccn3)CC12. The smallest absolute Gasteiger partial charge is 0.0682 e. The van der Waals surface area contributed by atoms with Crippen LogP contribution in [0.2, 0.25) is 0 Å². The van der Waals surface area contributed by atoms with Crippen molar-refractivity contribution in [2.75, 3.05) is 18.8 Å². The number of hydrogen-bond donors (Lipinski definition) is 1. The molecule has 0 amide bonds. The van der Waals surface area contributed by atoms with Crippen LogP contribution in [0.3, 0.4) is 0 Å². The molecule has 0 spiro atoms. The van der Waals surface area contributed by atoms with E-state index in [4.69, 9.17) is 0 Å². The van der Waals surface area contributed by atoms with Gasteiger partial charge >= 0.3 is 0 Å². The Morgan fingerprint density at radius 2 is 2.38 bits per heavy atom. The Bertz CT molecular complexity index is 359. The molecule has 2 fully saturated rings. The molecule has 3 nitrogen and oxygen atoms in total. The molecule has 3 atom stereocenters. The van der Waals surface area contributed by atoms with Crippen molar-refractivity contribution in [3.05, 3.63) is 30.1 Å². The molecule has 2 aliphatic rings. The Balaban J connectivity index is 1.63. The van der Waals surface area contributed by atoms with Gasteiger partial charge in [0.15, 0.2) is 0 Å². The number of aliphatic hydroxyl groups is 1. The second-order valence-corrected chi connectivity index (χ2v) is 5.89. The average molecular weight is 236 g/mol. The van der Waals surface area contributed by atoms with E-state index in [1.165, 1.54) is 0 Å². The number of rotatable bonds is 2.